The molecule has 0 aliphatic carbocycles. The molecule has 0 fully saturated rings. The third kappa shape index (κ3) is 6.10. The predicted octanol–water partition coefficient (Wildman–Crippen LogP) is 3.80. The van der Waals surface area contributed by atoms with Gasteiger partial charge in [0.2, 0.25) is 11.8 Å². The SMILES string of the molecule is CC(=O)N(CC(=O)N(CCc1ccccc1)Cc1ccc(C)o1)Cc1ccco1. The Morgan fingerprint density at radius 3 is 2.28 bits per heavy atom. The molecule has 1 aromatic carbocycles. The van der Waals surface area contributed by atoms with E-state index in [1.165, 1.54) is 11.8 Å². The van der Waals surface area contributed by atoms with E-state index in [0.717, 1.165) is 23.5 Å². The fraction of sp³-hybridized carbons (Fsp3) is 0.304. The van der Waals surface area contributed by atoms with Crippen molar-refractivity contribution in [3.05, 3.63) is 83.7 Å². The lowest BCUT2D eigenvalue weighted by Gasteiger charge is -2.26. The van der Waals surface area contributed by atoms with Crippen molar-refractivity contribution in [2.75, 3.05) is 13.1 Å². The monoisotopic (exact) mass is 394 g/mol. The minimum atomic E-state index is -0.174. The fourth-order valence-electron chi connectivity index (χ4n) is 3.09. The van der Waals surface area contributed by atoms with Gasteiger partial charge in [0.15, 0.2) is 0 Å². The largest absolute Gasteiger partial charge is 0.467 e. The summed E-state index contributed by atoms with van der Waals surface area (Å²) in [6.07, 6.45) is 2.28. The van der Waals surface area contributed by atoms with E-state index in [1.807, 2.05) is 49.4 Å². The van der Waals surface area contributed by atoms with Gasteiger partial charge in [-0.25, -0.2) is 0 Å². The molecule has 0 aliphatic rings. The van der Waals surface area contributed by atoms with Gasteiger partial charge < -0.3 is 18.6 Å². The average molecular weight is 394 g/mol. The van der Waals surface area contributed by atoms with Crippen LogP contribution in [0.4, 0.5) is 0 Å². The number of hydrogen-bond donors (Lipinski definition) is 0. The fourth-order valence-corrected chi connectivity index (χ4v) is 3.09. The van der Waals surface area contributed by atoms with E-state index < -0.39 is 0 Å². The first kappa shape index (κ1) is 20.5. The molecule has 152 valence electrons. The van der Waals surface area contributed by atoms with Crippen molar-refractivity contribution in [2.45, 2.75) is 33.4 Å². The third-order valence-corrected chi connectivity index (χ3v) is 4.71. The highest BCUT2D eigenvalue weighted by Crippen LogP contribution is 2.13. The summed E-state index contributed by atoms with van der Waals surface area (Å²) in [5.41, 5.74) is 1.15. The molecule has 0 radical (unpaired) electrons. The number of amides is 2. The molecule has 2 heterocycles. The molecule has 6 nitrogen and oxygen atoms in total. The summed E-state index contributed by atoms with van der Waals surface area (Å²) in [6.45, 7) is 4.49. The molecule has 2 amide bonds. The van der Waals surface area contributed by atoms with E-state index in [4.69, 9.17) is 8.83 Å². The molecule has 0 atom stereocenters. The highest BCUT2D eigenvalue weighted by atomic mass is 16.3. The molecule has 0 spiro atoms. The van der Waals surface area contributed by atoms with Gasteiger partial charge in [-0.3, -0.25) is 9.59 Å². The van der Waals surface area contributed by atoms with Crippen molar-refractivity contribution in [3.8, 4) is 0 Å². The lowest BCUT2D eigenvalue weighted by molar-refractivity contribution is -0.140. The van der Waals surface area contributed by atoms with Crippen LogP contribution in [-0.4, -0.2) is 34.7 Å². The molecule has 0 bridgehead atoms. The van der Waals surface area contributed by atoms with Crippen LogP contribution in [0.15, 0.2) is 69.7 Å². The van der Waals surface area contributed by atoms with Gasteiger partial charge in [0.05, 0.1) is 19.4 Å². The van der Waals surface area contributed by atoms with Gasteiger partial charge in [-0.15, -0.1) is 0 Å². The van der Waals surface area contributed by atoms with Crippen molar-refractivity contribution < 1.29 is 18.4 Å². The molecule has 3 aromatic rings. The van der Waals surface area contributed by atoms with Crippen LogP contribution in [0.3, 0.4) is 0 Å². The van der Waals surface area contributed by atoms with Crippen LogP contribution in [-0.2, 0) is 29.1 Å². The van der Waals surface area contributed by atoms with Gasteiger partial charge in [0, 0.05) is 13.5 Å². The number of rotatable bonds is 9. The Morgan fingerprint density at radius 2 is 1.66 bits per heavy atom. The summed E-state index contributed by atoms with van der Waals surface area (Å²) in [6, 6.07) is 17.3. The summed E-state index contributed by atoms with van der Waals surface area (Å²) in [4.78, 5) is 28.4. The second kappa shape index (κ2) is 9.78. The van der Waals surface area contributed by atoms with E-state index in [1.54, 1.807) is 23.3 Å². The van der Waals surface area contributed by atoms with Crippen LogP contribution in [0.2, 0.25) is 0 Å². The van der Waals surface area contributed by atoms with E-state index in [-0.39, 0.29) is 24.9 Å². The first-order valence-electron chi connectivity index (χ1n) is 9.66. The molecule has 2 aromatic heterocycles. The Bertz CT molecular complexity index is 916. The summed E-state index contributed by atoms with van der Waals surface area (Å²) in [7, 11) is 0. The van der Waals surface area contributed by atoms with Gasteiger partial charge in [0.25, 0.3) is 0 Å². The zero-order valence-corrected chi connectivity index (χ0v) is 16.8. The second-order valence-corrected chi connectivity index (χ2v) is 7.02. The summed E-state index contributed by atoms with van der Waals surface area (Å²) in [5, 5.41) is 0. The zero-order chi connectivity index (χ0) is 20.6. The van der Waals surface area contributed by atoms with Crippen LogP contribution in [0.25, 0.3) is 0 Å². The molecule has 6 heteroatoms. The number of carbonyl (C=O) groups excluding carboxylic acids is 2. The molecule has 0 unspecified atom stereocenters. The second-order valence-electron chi connectivity index (χ2n) is 7.02. The van der Waals surface area contributed by atoms with Gasteiger partial charge >= 0.3 is 0 Å². The first-order valence-corrected chi connectivity index (χ1v) is 9.66. The maximum Gasteiger partial charge on any atom is 0.242 e. The van der Waals surface area contributed by atoms with E-state index >= 15 is 0 Å². The first-order chi connectivity index (χ1) is 14.0. The quantitative estimate of drug-likeness (QED) is 0.554. The zero-order valence-electron chi connectivity index (χ0n) is 16.8. The lowest BCUT2D eigenvalue weighted by Crippen LogP contribution is -2.42. The average Bonchev–Trinajstić information content (AvgIpc) is 3.36. The number of nitrogens with zero attached hydrogens (tertiary/aromatic N) is 2. The van der Waals surface area contributed by atoms with Crippen molar-refractivity contribution in [1.29, 1.82) is 0 Å². The number of hydrogen-bond acceptors (Lipinski definition) is 4. The van der Waals surface area contributed by atoms with Crippen LogP contribution < -0.4 is 0 Å². The van der Waals surface area contributed by atoms with Crippen LogP contribution in [0.5, 0.6) is 0 Å². The summed E-state index contributed by atoms with van der Waals surface area (Å²) in [5.74, 6) is 1.87. The number of furan rings is 2. The minimum absolute atomic E-state index is 0.00941. The molecular formula is C23H26N2O4. The standard InChI is InChI=1S/C23H26N2O4/c1-18-10-11-22(29-18)16-24(13-12-20-7-4-3-5-8-20)23(27)17-25(19(2)26)15-21-9-6-14-28-21/h3-11,14H,12-13,15-17H2,1-2H3. The Morgan fingerprint density at radius 1 is 0.897 bits per heavy atom. The van der Waals surface area contributed by atoms with E-state index in [9.17, 15) is 9.59 Å². The minimum Gasteiger partial charge on any atom is -0.467 e. The highest BCUT2D eigenvalue weighted by molar-refractivity contribution is 5.83. The molecule has 0 saturated heterocycles. The van der Waals surface area contributed by atoms with Crippen molar-refractivity contribution in [2.24, 2.45) is 0 Å². The van der Waals surface area contributed by atoms with Crippen molar-refractivity contribution in [3.63, 3.8) is 0 Å². The van der Waals surface area contributed by atoms with Crippen LogP contribution in [0, 0.1) is 6.92 Å². The Labute approximate surface area is 170 Å². The van der Waals surface area contributed by atoms with Crippen LogP contribution >= 0.6 is 0 Å². The highest BCUT2D eigenvalue weighted by Gasteiger charge is 2.21. The van der Waals surface area contributed by atoms with E-state index in [0.29, 0.717) is 18.8 Å². The molecule has 3 rings (SSSR count). The smallest absolute Gasteiger partial charge is 0.242 e. The predicted molar refractivity (Wildman–Crippen MR) is 109 cm³/mol. The molecular weight excluding hydrogens is 368 g/mol. The summed E-state index contributed by atoms with van der Waals surface area (Å²) < 4.78 is 11.0. The lowest BCUT2D eigenvalue weighted by atomic mass is 10.1. The van der Waals surface area contributed by atoms with Gasteiger partial charge in [-0.1, -0.05) is 30.3 Å². The maximum absolute atomic E-state index is 13.1. The van der Waals surface area contributed by atoms with Gasteiger partial charge in [-0.2, -0.15) is 0 Å². The normalized spacial score (nSPS) is 10.7. The topological polar surface area (TPSA) is 66.9 Å². The Kier molecular flexibility index (Phi) is 6.89. The number of carbonyl (C=O) groups is 2. The Balaban J connectivity index is 1.70. The van der Waals surface area contributed by atoms with Crippen molar-refractivity contribution in [1.82, 2.24) is 9.80 Å². The summed E-state index contributed by atoms with van der Waals surface area (Å²) >= 11 is 0. The molecule has 0 saturated carbocycles. The third-order valence-electron chi connectivity index (χ3n) is 4.71. The molecule has 0 aliphatic heterocycles. The molecule has 0 N–H and O–H groups in total. The molecule has 29 heavy (non-hydrogen) atoms. The number of benzene rings is 1. The number of aryl methyl sites for hydroxylation is 1. The van der Waals surface area contributed by atoms with Gasteiger partial charge in [0.1, 0.15) is 23.8 Å². The van der Waals surface area contributed by atoms with Crippen molar-refractivity contribution >= 4 is 11.8 Å². The van der Waals surface area contributed by atoms with Crippen LogP contribution in [0.1, 0.15) is 29.8 Å². The van der Waals surface area contributed by atoms with E-state index in [2.05, 4.69) is 0 Å². The Hall–Kier alpha value is -3.28. The van der Waals surface area contributed by atoms with Gasteiger partial charge in [-0.05, 0) is 43.2 Å². The maximum atomic E-state index is 13.1.